The molecule has 2 nitrogen and oxygen atoms in total. The molecule has 0 aliphatic heterocycles. The SMILES string of the molecule is C=C(/C=C\C(=C/N)c1cc2c(cc1C)CCC2(F)F)NCc1ccccc1F. The molecule has 5 heteroatoms. The molecule has 3 N–H and O–H groups in total. The predicted octanol–water partition coefficient (Wildman–Crippen LogP) is 5.33. The van der Waals surface area contributed by atoms with Gasteiger partial charge in [-0.3, -0.25) is 0 Å². The Kier molecular flexibility index (Phi) is 5.63. The van der Waals surface area contributed by atoms with Crippen molar-refractivity contribution in [2.75, 3.05) is 0 Å². The molecule has 2 aromatic rings. The molecule has 3 rings (SSSR count). The number of aryl methyl sites for hydroxylation is 2. The molecule has 0 fully saturated rings. The molecule has 0 saturated carbocycles. The first-order valence-corrected chi connectivity index (χ1v) is 9.10. The maximum absolute atomic E-state index is 14.1. The fraction of sp³-hybridized carbons (Fsp3) is 0.217. The fourth-order valence-electron chi connectivity index (χ4n) is 3.39. The second-order valence-electron chi connectivity index (χ2n) is 6.95. The van der Waals surface area contributed by atoms with Crippen LogP contribution in [0.5, 0.6) is 0 Å². The summed E-state index contributed by atoms with van der Waals surface area (Å²) < 4.78 is 41.9. The number of halogens is 3. The lowest BCUT2D eigenvalue weighted by Gasteiger charge is -2.14. The lowest BCUT2D eigenvalue weighted by molar-refractivity contribution is -0.00185. The maximum atomic E-state index is 14.1. The van der Waals surface area contributed by atoms with Gasteiger partial charge >= 0.3 is 0 Å². The molecule has 0 amide bonds. The first kappa shape index (κ1) is 19.8. The zero-order valence-electron chi connectivity index (χ0n) is 15.7. The van der Waals surface area contributed by atoms with E-state index < -0.39 is 5.92 Å². The highest BCUT2D eigenvalue weighted by Gasteiger charge is 2.39. The summed E-state index contributed by atoms with van der Waals surface area (Å²) in [6.45, 7) is 6.07. The summed E-state index contributed by atoms with van der Waals surface area (Å²) in [4.78, 5) is 0. The number of nitrogens with two attached hydrogens (primary N) is 1. The van der Waals surface area contributed by atoms with Crippen molar-refractivity contribution >= 4 is 5.57 Å². The lowest BCUT2D eigenvalue weighted by Crippen LogP contribution is -2.11. The van der Waals surface area contributed by atoms with Gasteiger partial charge in [-0.1, -0.05) is 36.9 Å². The average molecular weight is 384 g/mol. The second kappa shape index (κ2) is 7.97. The molecule has 0 atom stereocenters. The number of hydrogen-bond acceptors (Lipinski definition) is 2. The van der Waals surface area contributed by atoms with Gasteiger partial charge in [0.1, 0.15) is 5.82 Å². The predicted molar refractivity (Wildman–Crippen MR) is 107 cm³/mol. The second-order valence-corrected chi connectivity index (χ2v) is 6.95. The van der Waals surface area contributed by atoms with Gasteiger partial charge in [0.25, 0.3) is 5.92 Å². The Labute approximate surface area is 163 Å². The minimum atomic E-state index is -2.80. The van der Waals surface area contributed by atoms with Gasteiger partial charge < -0.3 is 11.1 Å². The molecule has 0 spiro atoms. The van der Waals surface area contributed by atoms with Crippen LogP contribution >= 0.6 is 0 Å². The van der Waals surface area contributed by atoms with Gasteiger partial charge in [-0.25, -0.2) is 13.2 Å². The highest BCUT2D eigenvalue weighted by atomic mass is 19.3. The molecule has 0 saturated heterocycles. The van der Waals surface area contributed by atoms with E-state index in [1.807, 2.05) is 13.0 Å². The number of hydrogen-bond donors (Lipinski definition) is 2. The topological polar surface area (TPSA) is 38.0 Å². The normalized spacial score (nSPS) is 15.6. The zero-order valence-corrected chi connectivity index (χ0v) is 15.7. The van der Waals surface area contributed by atoms with E-state index in [-0.39, 0.29) is 17.8 Å². The summed E-state index contributed by atoms with van der Waals surface area (Å²) >= 11 is 0. The summed E-state index contributed by atoms with van der Waals surface area (Å²) in [5, 5.41) is 3.03. The third kappa shape index (κ3) is 4.14. The molecular formula is C23H23F3N2. The van der Waals surface area contributed by atoms with E-state index in [1.165, 1.54) is 18.3 Å². The monoisotopic (exact) mass is 384 g/mol. The quantitative estimate of drug-likeness (QED) is 0.661. The summed E-state index contributed by atoms with van der Waals surface area (Å²) in [6, 6.07) is 9.84. The highest BCUT2D eigenvalue weighted by molar-refractivity contribution is 5.77. The van der Waals surface area contributed by atoms with Crippen molar-refractivity contribution in [2.45, 2.75) is 32.2 Å². The van der Waals surface area contributed by atoms with Gasteiger partial charge in [0, 0.05) is 36.0 Å². The van der Waals surface area contributed by atoms with Crippen molar-refractivity contribution in [2.24, 2.45) is 5.73 Å². The molecule has 28 heavy (non-hydrogen) atoms. The Hall–Kier alpha value is -2.95. The van der Waals surface area contributed by atoms with E-state index in [2.05, 4.69) is 11.9 Å². The van der Waals surface area contributed by atoms with E-state index in [9.17, 15) is 13.2 Å². The molecule has 1 aliphatic carbocycles. The zero-order chi connectivity index (χ0) is 20.3. The van der Waals surface area contributed by atoms with Crippen LogP contribution in [0.3, 0.4) is 0 Å². The van der Waals surface area contributed by atoms with Crippen molar-refractivity contribution in [3.63, 3.8) is 0 Å². The van der Waals surface area contributed by atoms with Crippen molar-refractivity contribution in [3.8, 4) is 0 Å². The molecule has 0 heterocycles. The standard InChI is InChI=1S/C23H23F3N2/c1-15-11-17-9-10-23(25,26)21(17)12-20(15)18(13-27)8-7-16(2)28-14-19-5-3-4-6-22(19)24/h3-8,11-13,28H,2,9-10,14,27H2,1H3/b8-7-,18-13+. The molecule has 0 aromatic heterocycles. The van der Waals surface area contributed by atoms with E-state index >= 15 is 0 Å². The van der Waals surface area contributed by atoms with E-state index in [4.69, 9.17) is 5.73 Å². The van der Waals surface area contributed by atoms with Gasteiger partial charge in [0.05, 0.1) is 0 Å². The number of nitrogens with one attached hydrogen (secondary N) is 1. The highest BCUT2D eigenvalue weighted by Crippen LogP contribution is 2.43. The Bertz CT molecular complexity index is 958. The maximum Gasteiger partial charge on any atom is 0.273 e. The number of fused-ring (bicyclic) bond motifs is 1. The van der Waals surface area contributed by atoms with Gasteiger partial charge in [-0.2, -0.15) is 0 Å². The average Bonchev–Trinajstić information content (AvgIpc) is 2.95. The van der Waals surface area contributed by atoms with Crippen LogP contribution in [0.25, 0.3) is 5.57 Å². The van der Waals surface area contributed by atoms with Crippen LogP contribution in [0.4, 0.5) is 13.2 Å². The van der Waals surface area contributed by atoms with Crippen LogP contribution in [0.15, 0.2) is 67.0 Å². The van der Waals surface area contributed by atoms with E-state index in [1.54, 1.807) is 30.4 Å². The first-order chi connectivity index (χ1) is 13.3. The van der Waals surface area contributed by atoms with Crippen molar-refractivity contribution < 1.29 is 13.2 Å². The number of alkyl halides is 2. The largest absolute Gasteiger partial charge is 0.404 e. The summed E-state index contributed by atoms with van der Waals surface area (Å²) in [5.41, 5.74) is 9.81. The first-order valence-electron chi connectivity index (χ1n) is 9.10. The van der Waals surface area contributed by atoms with E-state index in [0.717, 1.165) is 5.56 Å². The summed E-state index contributed by atoms with van der Waals surface area (Å²) in [5.74, 6) is -3.09. The fourth-order valence-corrected chi connectivity index (χ4v) is 3.39. The van der Waals surface area contributed by atoms with E-state index in [0.29, 0.717) is 40.9 Å². The minimum Gasteiger partial charge on any atom is -0.404 e. The van der Waals surface area contributed by atoms with Crippen LogP contribution in [0.1, 0.15) is 34.2 Å². The molecule has 0 radical (unpaired) electrons. The Morgan fingerprint density at radius 2 is 2.00 bits per heavy atom. The van der Waals surface area contributed by atoms with Crippen LogP contribution in [0.2, 0.25) is 0 Å². The third-order valence-corrected chi connectivity index (χ3v) is 4.97. The Balaban J connectivity index is 1.74. The molecular weight excluding hydrogens is 361 g/mol. The minimum absolute atomic E-state index is 0.0809. The molecule has 2 aromatic carbocycles. The Morgan fingerprint density at radius 3 is 2.71 bits per heavy atom. The van der Waals surface area contributed by atoms with Gasteiger partial charge in [0.2, 0.25) is 0 Å². The number of allylic oxidation sites excluding steroid dienone is 3. The third-order valence-electron chi connectivity index (χ3n) is 4.97. The molecule has 1 aliphatic rings. The van der Waals surface area contributed by atoms with Crippen LogP contribution in [0, 0.1) is 12.7 Å². The Morgan fingerprint density at radius 1 is 1.25 bits per heavy atom. The van der Waals surface area contributed by atoms with Crippen molar-refractivity contribution in [3.05, 3.63) is 101 Å². The molecule has 0 unspecified atom stereocenters. The van der Waals surface area contributed by atoms with Crippen molar-refractivity contribution in [1.29, 1.82) is 0 Å². The van der Waals surface area contributed by atoms with Crippen LogP contribution in [-0.2, 0) is 18.9 Å². The summed E-state index contributed by atoms with van der Waals surface area (Å²) in [6.07, 6.45) is 5.04. The molecule has 146 valence electrons. The van der Waals surface area contributed by atoms with Crippen molar-refractivity contribution in [1.82, 2.24) is 5.32 Å². The van der Waals surface area contributed by atoms with Crippen LogP contribution < -0.4 is 11.1 Å². The summed E-state index contributed by atoms with van der Waals surface area (Å²) in [7, 11) is 0. The number of rotatable bonds is 6. The van der Waals surface area contributed by atoms with Gasteiger partial charge in [-0.05, 0) is 53.8 Å². The molecule has 0 bridgehead atoms. The van der Waals surface area contributed by atoms with Gasteiger partial charge in [-0.15, -0.1) is 0 Å². The smallest absolute Gasteiger partial charge is 0.273 e. The van der Waals surface area contributed by atoms with Gasteiger partial charge in [0.15, 0.2) is 0 Å². The lowest BCUT2D eigenvalue weighted by atomic mass is 9.95. The van der Waals surface area contributed by atoms with Crippen LogP contribution in [-0.4, -0.2) is 0 Å². The number of benzene rings is 2.